The second kappa shape index (κ2) is 13.6. The van der Waals surface area contributed by atoms with Crippen LogP contribution in [0, 0.1) is 0 Å². The second-order valence-corrected chi connectivity index (χ2v) is 11.3. The van der Waals surface area contributed by atoms with Crippen molar-refractivity contribution in [2.45, 2.75) is 9.79 Å². The van der Waals surface area contributed by atoms with Gasteiger partial charge in [0.25, 0.3) is 11.8 Å². The SMILES string of the molecule is NS(=O)(=O)c1ccc(NC(=O)CSc2cccc(NC(=O)/C(=C/c3ccccc3)NC(=O)c3ccccc3)c2)cc1. The van der Waals surface area contributed by atoms with Gasteiger partial charge in [-0.3, -0.25) is 14.4 Å². The Morgan fingerprint density at radius 1 is 0.756 bits per heavy atom. The van der Waals surface area contributed by atoms with Gasteiger partial charge >= 0.3 is 0 Å². The molecular weight excluding hydrogens is 560 g/mol. The van der Waals surface area contributed by atoms with Crippen LogP contribution in [-0.2, 0) is 19.6 Å². The van der Waals surface area contributed by atoms with Crippen LogP contribution in [-0.4, -0.2) is 31.9 Å². The molecule has 0 fully saturated rings. The van der Waals surface area contributed by atoms with E-state index in [2.05, 4.69) is 16.0 Å². The number of amides is 3. The van der Waals surface area contributed by atoms with Crippen LogP contribution < -0.4 is 21.1 Å². The Hall–Kier alpha value is -4.71. The largest absolute Gasteiger partial charge is 0.325 e. The lowest BCUT2D eigenvalue weighted by molar-refractivity contribution is -0.114. The van der Waals surface area contributed by atoms with Gasteiger partial charge in [0, 0.05) is 21.8 Å². The summed E-state index contributed by atoms with van der Waals surface area (Å²) in [6, 6.07) is 30.2. The predicted octanol–water partition coefficient (Wildman–Crippen LogP) is 4.47. The fourth-order valence-electron chi connectivity index (χ4n) is 3.59. The molecule has 0 saturated heterocycles. The van der Waals surface area contributed by atoms with Crippen molar-refractivity contribution >= 4 is 57.0 Å². The minimum Gasteiger partial charge on any atom is -0.325 e. The molecule has 4 aromatic carbocycles. The summed E-state index contributed by atoms with van der Waals surface area (Å²) in [4.78, 5) is 39.1. The van der Waals surface area contributed by atoms with Crippen LogP contribution >= 0.6 is 11.8 Å². The predicted molar refractivity (Wildman–Crippen MR) is 161 cm³/mol. The van der Waals surface area contributed by atoms with E-state index in [0.717, 1.165) is 10.5 Å². The van der Waals surface area contributed by atoms with E-state index in [-0.39, 0.29) is 22.3 Å². The summed E-state index contributed by atoms with van der Waals surface area (Å²) in [7, 11) is -3.82. The molecule has 0 aliphatic rings. The number of nitrogens with one attached hydrogen (secondary N) is 3. The molecule has 4 rings (SSSR count). The molecule has 0 saturated carbocycles. The molecular formula is C30H26N4O5S2. The first-order chi connectivity index (χ1) is 19.7. The highest BCUT2D eigenvalue weighted by Gasteiger charge is 2.15. The first kappa shape index (κ1) is 29.3. The number of rotatable bonds is 10. The number of nitrogens with two attached hydrogens (primary N) is 1. The van der Waals surface area contributed by atoms with Gasteiger partial charge in [0.05, 0.1) is 10.6 Å². The van der Waals surface area contributed by atoms with Gasteiger partial charge in [-0.25, -0.2) is 13.6 Å². The molecule has 3 amide bonds. The molecule has 0 aliphatic heterocycles. The Kier molecular flexibility index (Phi) is 9.69. The number of primary sulfonamides is 1. The third-order valence-corrected chi connectivity index (χ3v) is 7.49. The van der Waals surface area contributed by atoms with Crippen LogP contribution in [0.2, 0.25) is 0 Å². The highest BCUT2D eigenvalue weighted by Crippen LogP contribution is 2.23. The Balaban J connectivity index is 1.40. The fraction of sp³-hybridized carbons (Fsp3) is 0.0333. The van der Waals surface area contributed by atoms with Crippen LogP contribution in [0.25, 0.3) is 6.08 Å². The molecule has 208 valence electrons. The van der Waals surface area contributed by atoms with E-state index in [1.54, 1.807) is 60.7 Å². The highest BCUT2D eigenvalue weighted by molar-refractivity contribution is 8.00. The van der Waals surface area contributed by atoms with Gasteiger partial charge in [-0.05, 0) is 66.2 Å². The third kappa shape index (κ3) is 8.90. The summed E-state index contributed by atoms with van der Waals surface area (Å²) >= 11 is 1.25. The molecule has 0 radical (unpaired) electrons. The van der Waals surface area contributed by atoms with Gasteiger partial charge in [-0.1, -0.05) is 54.6 Å². The quantitative estimate of drug-likeness (QED) is 0.159. The maximum absolute atomic E-state index is 13.2. The van der Waals surface area contributed by atoms with Crippen molar-refractivity contribution < 1.29 is 22.8 Å². The maximum atomic E-state index is 13.2. The Morgan fingerprint density at radius 3 is 2.07 bits per heavy atom. The summed E-state index contributed by atoms with van der Waals surface area (Å²) in [6.07, 6.45) is 1.59. The lowest BCUT2D eigenvalue weighted by atomic mass is 10.1. The van der Waals surface area contributed by atoms with Crippen molar-refractivity contribution in [3.63, 3.8) is 0 Å². The summed E-state index contributed by atoms with van der Waals surface area (Å²) < 4.78 is 22.8. The van der Waals surface area contributed by atoms with Crippen LogP contribution in [0.1, 0.15) is 15.9 Å². The van der Waals surface area contributed by atoms with Crippen molar-refractivity contribution in [3.05, 3.63) is 126 Å². The van der Waals surface area contributed by atoms with Gasteiger partial charge in [0.2, 0.25) is 15.9 Å². The van der Waals surface area contributed by atoms with E-state index in [1.807, 2.05) is 30.3 Å². The number of anilines is 2. The molecule has 5 N–H and O–H groups in total. The van der Waals surface area contributed by atoms with E-state index in [0.29, 0.717) is 16.9 Å². The zero-order valence-corrected chi connectivity index (χ0v) is 23.2. The molecule has 41 heavy (non-hydrogen) atoms. The minimum atomic E-state index is -3.82. The van der Waals surface area contributed by atoms with Gasteiger partial charge in [-0.2, -0.15) is 0 Å². The highest BCUT2D eigenvalue weighted by atomic mass is 32.2. The number of hydrogen-bond donors (Lipinski definition) is 4. The monoisotopic (exact) mass is 586 g/mol. The van der Waals surface area contributed by atoms with Gasteiger partial charge in [0.15, 0.2) is 0 Å². The second-order valence-electron chi connectivity index (χ2n) is 8.68. The molecule has 11 heteroatoms. The number of carbonyl (C=O) groups excluding carboxylic acids is 3. The average Bonchev–Trinajstić information content (AvgIpc) is 2.97. The Bertz CT molecular complexity index is 1680. The molecule has 0 aliphatic carbocycles. The summed E-state index contributed by atoms with van der Waals surface area (Å²) in [5.41, 5.74) is 2.12. The van der Waals surface area contributed by atoms with E-state index in [4.69, 9.17) is 5.14 Å². The minimum absolute atomic E-state index is 0.0508. The molecule has 4 aromatic rings. The third-order valence-electron chi connectivity index (χ3n) is 5.57. The van der Waals surface area contributed by atoms with Crippen LogP contribution in [0.5, 0.6) is 0 Å². The fourth-order valence-corrected chi connectivity index (χ4v) is 4.86. The van der Waals surface area contributed by atoms with Crippen molar-refractivity contribution in [1.82, 2.24) is 5.32 Å². The van der Waals surface area contributed by atoms with Crippen molar-refractivity contribution in [3.8, 4) is 0 Å². The first-order valence-corrected chi connectivity index (χ1v) is 14.8. The molecule has 0 spiro atoms. The summed E-state index contributed by atoms with van der Waals surface area (Å²) in [5, 5.41) is 13.3. The topological polar surface area (TPSA) is 147 Å². The summed E-state index contributed by atoms with van der Waals surface area (Å²) in [5.74, 6) is -1.16. The maximum Gasteiger partial charge on any atom is 0.272 e. The van der Waals surface area contributed by atoms with Crippen LogP contribution in [0.3, 0.4) is 0 Å². The molecule has 9 nitrogen and oxygen atoms in total. The Morgan fingerprint density at radius 2 is 1.41 bits per heavy atom. The normalized spacial score (nSPS) is 11.4. The molecule has 0 bridgehead atoms. The Labute approximate surface area is 241 Å². The molecule has 0 aromatic heterocycles. The van der Waals surface area contributed by atoms with E-state index < -0.39 is 21.8 Å². The lowest BCUT2D eigenvalue weighted by Gasteiger charge is -2.12. The number of benzene rings is 4. The first-order valence-electron chi connectivity index (χ1n) is 12.3. The molecule has 0 atom stereocenters. The van der Waals surface area contributed by atoms with Crippen molar-refractivity contribution in [1.29, 1.82) is 0 Å². The van der Waals surface area contributed by atoms with E-state index >= 15 is 0 Å². The van der Waals surface area contributed by atoms with Gasteiger partial charge in [-0.15, -0.1) is 11.8 Å². The zero-order chi connectivity index (χ0) is 29.2. The lowest BCUT2D eigenvalue weighted by Crippen LogP contribution is -2.30. The van der Waals surface area contributed by atoms with Crippen LogP contribution in [0.4, 0.5) is 11.4 Å². The van der Waals surface area contributed by atoms with Crippen molar-refractivity contribution in [2.75, 3.05) is 16.4 Å². The zero-order valence-electron chi connectivity index (χ0n) is 21.6. The van der Waals surface area contributed by atoms with Gasteiger partial charge in [0.1, 0.15) is 5.70 Å². The number of thioether (sulfide) groups is 1. The summed E-state index contributed by atoms with van der Waals surface area (Å²) in [6.45, 7) is 0. The number of carbonyl (C=O) groups is 3. The van der Waals surface area contributed by atoms with Crippen molar-refractivity contribution in [2.24, 2.45) is 5.14 Å². The molecule has 0 heterocycles. The molecule has 0 unspecified atom stereocenters. The number of hydrogen-bond acceptors (Lipinski definition) is 6. The van der Waals surface area contributed by atoms with Crippen LogP contribution in [0.15, 0.2) is 125 Å². The average molecular weight is 587 g/mol. The van der Waals surface area contributed by atoms with E-state index in [9.17, 15) is 22.8 Å². The number of sulfonamides is 1. The smallest absolute Gasteiger partial charge is 0.272 e. The van der Waals surface area contributed by atoms with E-state index in [1.165, 1.54) is 36.0 Å². The van der Waals surface area contributed by atoms with Gasteiger partial charge < -0.3 is 16.0 Å². The standard InChI is InChI=1S/C30H26N4O5S2/c31-41(38,39)26-16-14-23(15-17-26)32-28(35)20-40-25-13-7-12-24(19-25)33-30(37)27(18-21-8-3-1-4-9-21)34-29(36)22-10-5-2-6-11-22/h1-19H,20H2,(H,32,35)(H,33,37)(H,34,36)(H2,31,38,39)/b27-18-.